The lowest BCUT2D eigenvalue weighted by molar-refractivity contribution is -0.0836. The molecule has 3 aliphatic rings. The average molecular weight is 252 g/mol. The molecule has 1 aliphatic carbocycles. The van der Waals surface area contributed by atoms with Crippen LogP contribution in [0.4, 0.5) is 0 Å². The molecule has 1 N–H and O–H groups in total. The third-order valence-electron chi connectivity index (χ3n) is 5.07. The minimum atomic E-state index is 0.267. The summed E-state index contributed by atoms with van der Waals surface area (Å²) in [7, 11) is 0. The summed E-state index contributed by atoms with van der Waals surface area (Å²) in [6.07, 6.45) is 10.6. The first-order valence-corrected chi connectivity index (χ1v) is 7.96. The molecule has 3 heteroatoms. The van der Waals surface area contributed by atoms with Crippen molar-refractivity contribution in [3.05, 3.63) is 0 Å². The van der Waals surface area contributed by atoms with E-state index in [2.05, 4.69) is 10.2 Å². The Morgan fingerprint density at radius 1 is 1.11 bits per heavy atom. The van der Waals surface area contributed by atoms with E-state index in [0.29, 0.717) is 6.04 Å². The fraction of sp³-hybridized carbons (Fsp3) is 1.00. The lowest BCUT2D eigenvalue weighted by Gasteiger charge is -2.38. The van der Waals surface area contributed by atoms with E-state index in [1.54, 1.807) is 0 Å². The SMILES string of the molecule is C1CCN(CCNC2CCOC3(CCCC3)C2)C1. The fourth-order valence-electron chi connectivity index (χ4n) is 4.00. The third-order valence-corrected chi connectivity index (χ3v) is 5.07. The van der Waals surface area contributed by atoms with E-state index in [1.807, 2.05) is 0 Å². The quantitative estimate of drug-likeness (QED) is 0.830. The zero-order chi connectivity index (χ0) is 12.3. The Bertz CT molecular complexity index is 257. The number of nitrogens with zero attached hydrogens (tertiary/aromatic N) is 1. The van der Waals surface area contributed by atoms with Gasteiger partial charge in [-0.1, -0.05) is 12.8 Å². The normalized spacial score (nSPS) is 32.3. The Morgan fingerprint density at radius 2 is 1.89 bits per heavy atom. The third kappa shape index (κ3) is 3.06. The van der Waals surface area contributed by atoms with Gasteiger partial charge in [-0.25, -0.2) is 0 Å². The van der Waals surface area contributed by atoms with Gasteiger partial charge in [0.1, 0.15) is 0 Å². The van der Waals surface area contributed by atoms with Gasteiger partial charge in [0.15, 0.2) is 0 Å². The number of hydrogen-bond acceptors (Lipinski definition) is 3. The molecule has 3 fully saturated rings. The Morgan fingerprint density at radius 3 is 2.67 bits per heavy atom. The van der Waals surface area contributed by atoms with Gasteiger partial charge in [-0.2, -0.15) is 0 Å². The Labute approximate surface area is 111 Å². The van der Waals surface area contributed by atoms with Gasteiger partial charge in [0.25, 0.3) is 0 Å². The highest BCUT2D eigenvalue weighted by Crippen LogP contribution is 2.39. The standard InChI is InChI=1S/C15H28N2O/c1-2-7-15(6-1)13-14(5-12-18-15)16-8-11-17-9-3-4-10-17/h14,16H,1-13H2. The van der Waals surface area contributed by atoms with Crippen molar-refractivity contribution in [2.45, 2.75) is 63.0 Å². The molecule has 0 aromatic rings. The number of nitrogens with one attached hydrogen (secondary N) is 1. The summed E-state index contributed by atoms with van der Waals surface area (Å²) in [4.78, 5) is 2.59. The smallest absolute Gasteiger partial charge is 0.0697 e. The second kappa shape index (κ2) is 5.89. The average Bonchev–Trinajstić information content (AvgIpc) is 3.02. The van der Waals surface area contributed by atoms with Gasteiger partial charge < -0.3 is 15.0 Å². The lowest BCUT2D eigenvalue weighted by atomic mass is 9.89. The molecule has 3 nitrogen and oxygen atoms in total. The molecule has 1 saturated carbocycles. The number of hydrogen-bond donors (Lipinski definition) is 1. The Kier molecular flexibility index (Phi) is 4.22. The van der Waals surface area contributed by atoms with Crippen LogP contribution in [0, 0.1) is 0 Å². The molecule has 2 aliphatic heterocycles. The van der Waals surface area contributed by atoms with E-state index >= 15 is 0 Å². The summed E-state index contributed by atoms with van der Waals surface area (Å²) in [5, 5.41) is 3.78. The van der Waals surface area contributed by atoms with Crippen LogP contribution >= 0.6 is 0 Å². The molecule has 0 amide bonds. The van der Waals surface area contributed by atoms with Crippen LogP contribution in [-0.4, -0.2) is 49.3 Å². The monoisotopic (exact) mass is 252 g/mol. The molecule has 1 atom stereocenters. The van der Waals surface area contributed by atoms with Crippen molar-refractivity contribution in [3.63, 3.8) is 0 Å². The molecule has 0 radical (unpaired) electrons. The molecular formula is C15H28N2O. The van der Waals surface area contributed by atoms with Gasteiger partial charge >= 0.3 is 0 Å². The number of likely N-dealkylation sites (tertiary alicyclic amines) is 1. The van der Waals surface area contributed by atoms with Gasteiger partial charge in [0.2, 0.25) is 0 Å². The first kappa shape index (κ1) is 12.9. The summed E-state index contributed by atoms with van der Waals surface area (Å²) in [5.74, 6) is 0. The highest BCUT2D eigenvalue weighted by atomic mass is 16.5. The molecule has 0 aromatic heterocycles. The summed E-state index contributed by atoms with van der Waals surface area (Å²) in [6, 6.07) is 0.708. The van der Waals surface area contributed by atoms with Crippen molar-refractivity contribution in [2.24, 2.45) is 0 Å². The van der Waals surface area contributed by atoms with Crippen LogP contribution in [0.3, 0.4) is 0 Å². The van der Waals surface area contributed by atoms with Gasteiger partial charge in [-0.3, -0.25) is 0 Å². The van der Waals surface area contributed by atoms with Crippen molar-refractivity contribution in [3.8, 4) is 0 Å². The van der Waals surface area contributed by atoms with Gasteiger partial charge in [0.05, 0.1) is 5.60 Å². The number of ether oxygens (including phenoxy) is 1. The summed E-state index contributed by atoms with van der Waals surface area (Å²) in [5.41, 5.74) is 0.267. The minimum Gasteiger partial charge on any atom is -0.375 e. The van der Waals surface area contributed by atoms with E-state index in [4.69, 9.17) is 4.74 Å². The molecule has 18 heavy (non-hydrogen) atoms. The van der Waals surface area contributed by atoms with Crippen molar-refractivity contribution in [1.29, 1.82) is 0 Å². The number of rotatable bonds is 4. The van der Waals surface area contributed by atoms with Crippen LogP contribution in [0.1, 0.15) is 51.4 Å². The summed E-state index contributed by atoms with van der Waals surface area (Å²) in [6.45, 7) is 6.02. The van der Waals surface area contributed by atoms with Crippen LogP contribution in [-0.2, 0) is 4.74 Å². The largest absolute Gasteiger partial charge is 0.375 e. The minimum absolute atomic E-state index is 0.267. The molecule has 3 rings (SSSR count). The lowest BCUT2D eigenvalue weighted by Crippen LogP contribution is -2.47. The van der Waals surface area contributed by atoms with E-state index in [9.17, 15) is 0 Å². The fourth-order valence-corrected chi connectivity index (χ4v) is 4.00. The molecule has 0 bridgehead atoms. The van der Waals surface area contributed by atoms with Crippen LogP contribution < -0.4 is 5.32 Å². The Hall–Kier alpha value is -0.120. The van der Waals surface area contributed by atoms with E-state index in [1.165, 1.54) is 77.5 Å². The topological polar surface area (TPSA) is 24.5 Å². The maximum absolute atomic E-state index is 6.09. The first-order chi connectivity index (χ1) is 8.86. The maximum Gasteiger partial charge on any atom is 0.0697 e. The molecule has 1 spiro atoms. The molecule has 2 saturated heterocycles. The first-order valence-electron chi connectivity index (χ1n) is 7.96. The second-order valence-corrected chi connectivity index (χ2v) is 6.43. The summed E-state index contributed by atoms with van der Waals surface area (Å²) >= 11 is 0. The van der Waals surface area contributed by atoms with Crippen LogP contribution in [0.25, 0.3) is 0 Å². The van der Waals surface area contributed by atoms with Crippen LogP contribution in [0.15, 0.2) is 0 Å². The van der Waals surface area contributed by atoms with Crippen molar-refractivity contribution < 1.29 is 4.74 Å². The molecule has 2 heterocycles. The van der Waals surface area contributed by atoms with Crippen molar-refractivity contribution >= 4 is 0 Å². The van der Waals surface area contributed by atoms with Crippen LogP contribution in [0.5, 0.6) is 0 Å². The molecular weight excluding hydrogens is 224 g/mol. The second-order valence-electron chi connectivity index (χ2n) is 6.43. The molecule has 104 valence electrons. The van der Waals surface area contributed by atoms with Crippen molar-refractivity contribution in [1.82, 2.24) is 10.2 Å². The molecule has 1 unspecified atom stereocenters. The predicted octanol–water partition coefficient (Wildman–Crippen LogP) is 2.16. The zero-order valence-corrected chi connectivity index (χ0v) is 11.6. The Balaban J connectivity index is 1.39. The van der Waals surface area contributed by atoms with Crippen LogP contribution in [0.2, 0.25) is 0 Å². The maximum atomic E-state index is 6.09. The van der Waals surface area contributed by atoms with Gasteiger partial charge in [0, 0.05) is 25.7 Å². The molecule has 0 aromatic carbocycles. The van der Waals surface area contributed by atoms with Gasteiger partial charge in [-0.15, -0.1) is 0 Å². The highest BCUT2D eigenvalue weighted by Gasteiger charge is 2.39. The van der Waals surface area contributed by atoms with Gasteiger partial charge in [-0.05, 0) is 51.6 Å². The van der Waals surface area contributed by atoms with E-state index < -0.39 is 0 Å². The summed E-state index contributed by atoms with van der Waals surface area (Å²) < 4.78 is 6.09. The zero-order valence-electron chi connectivity index (χ0n) is 11.6. The van der Waals surface area contributed by atoms with Crippen molar-refractivity contribution in [2.75, 3.05) is 32.8 Å². The predicted molar refractivity (Wildman–Crippen MR) is 73.8 cm³/mol. The van der Waals surface area contributed by atoms with E-state index in [-0.39, 0.29) is 5.60 Å². The highest BCUT2D eigenvalue weighted by molar-refractivity contribution is 4.93. The van der Waals surface area contributed by atoms with E-state index in [0.717, 1.165) is 6.61 Å².